The summed E-state index contributed by atoms with van der Waals surface area (Å²) >= 11 is 7.20. The minimum Gasteiger partial charge on any atom is -0.488 e. The first-order chi connectivity index (χ1) is 15.4. The van der Waals surface area contributed by atoms with E-state index in [1.165, 1.54) is 23.6 Å². The molecule has 2 N–H and O–H groups in total. The molecule has 176 valence electrons. The zero-order valence-electron chi connectivity index (χ0n) is 17.7. The summed E-state index contributed by atoms with van der Waals surface area (Å²) in [5.41, 5.74) is 1.11. The second-order valence-corrected chi connectivity index (χ2v) is 8.97. The normalized spacial score (nSPS) is 14.4. The first kappa shape index (κ1) is 24.9. The topological polar surface area (TPSA) is 97.2 Å². The minimum atomic E-state index is -4.65. The number of benzene rings is 1. The summed E-state index contributed by atoms with van der Waals surface area (Å²) in [4.78, 5) is 23.8. The largest absolute Gasteiger partial charge is 0.488 e. The van der Waals surface area contributed by atoms with E-state index in [-0.39, 0.29) is 5.56 Å². The van der Waals surface area contributed by atoms with Gasteiger partial charge in [-0.05, 0) is 39.0 Å². The molecule has 0 saturated heterocycles. The van der Waals surface area contributed by atoms with E-state index in [4.69, 9.17) is 16.3 Å². The number of halogens is 4. The van der Waals surface area contributed by atoms with Crippen LogP contribution in [0.15, 0.2) is 36.8 Å². The Bertz CT molecular complexity index is 1120. The van der Waals surface area contributed by atoms with E-state index in [1.807, 2.05) is 0 Å². The number of hydrogen-bond acceptors (Lipinski definition) is 7. The molecule has 0 radical (unpaired) electrons. The summed E-state index contributed by atoms with van der Waals surface area (Å²) in [6.07, 6.45) is -2.41. The number of thiazole rings is 1. The fourth-order valence-electron chi connectivity index (χ4n) is 2.69. The van der Waals surface area contributed by atoms with Gasteiger partial charge in [-0.3, -0.25) is 4.79 Å². The van der Waals surface area contributed by atoms with Crippen LogP contribution in [0.1, 0.15) is 48.6 Å². The van der Waals surface area contributed by atoms with Crippen LogP contribution < -0.4 is 10.1 Å². The molecule has 1 aromatic carbocycles. The molecule has 0 fully saturated rings. The van der Waals surface area contributed by atoms with E-state index in [2.05, 4.69) is 20.3 Å². The number of aromatic nitrogens is 3. The quantitative estimate of drug-likeness (QED) is 0.478. The van der Waals surface area contributed by atoms with Gasteiger partial charge in [0.15, 0.2) is 0 Å². The number of rotatable bonds is 7. The van der Waals surface area contributed by atoms with E-state index in [9.17, 15) is 23.1 Å². The highest BCUT2D eigenvalue weighted by atomic mass is 35.5. The first-order valence-electron chi connectivity index (χ1n) is 9.75. The molecule has 3 atom stereocenters. The highest BCUT2D eigenvalue weighted by molar-refractivity contribution is 7.18. The van der Waals surface area contributed by atoms with Crippen LogP contribution >= 0.6 is 22.9 Å². The van der Waals surface area contributed by atoms with E-state index in [0.717, 1.165) is 12.4 Å². The summed E-state index contributed by atoms with van der Waals surface area (Å²) in [7, 11) is 0. The molecule has 0 aliphatic carbocycles. The lowest BCUT2D eigenvalue weighted by Gasteiger charge is -2.19. The molecule has 3 rings (SSSR count). The highest BCUT2D eigenvalue weighted by Gasteiger charge is 2.34. The van der Waals surface area contributed by atoms with Crippen molar-refractivity contribution in [2.24, 2.45) is 0 Å². The molecule has 2 aromatic heterocycles. The average Bonchev–Trinajstić information content (AvgIpc) is 3.19. The summed E-state index contributed by atoms with van der Waals surface area (Å²) < 4.78 is 44.2. The number of alkyl halides is 3. The second-order valence-electron chi connectivity index (χ2n) is 7.31. The van der Waals surface area contributed by atoms with Gasteiger partial charge in [-0.2, -0.15) is 13.2 Å². The summed E-state index contributed by atoms with van der Waals surface area (Å²) in [5, 5.41) is 13.0. The van der Waals surface area contributed by atoms with Crippen LogP contribution in [0.5, 0.6) is 5.75 Å². The Kier molecular flexibility index (Phi) is 7.55. The molecule has 33 heavy (non-hydrogen) atoms. The maximum absolute atomic E-state index is 12.9. The third kappa shape index (κ3) is 6.40. The number of carbonyl (C=O) groups is 1. The van der Waals surface area contributed by atoms with Crippen molar-refractivity contribution in [2.75, 3.05) is 0 Å². The highest BCUT2D eigenvalue weighted by Crippen LogP contribution is 2.32. The van der Waals surface area contributed by atoms with Crippen molar-refractivity contribution >= 4 is 28.8 Å². The van der Waals surface area contributed by atoms with Gasteiger partial charge in [0.1, 0.15) is 21.2 Å². The molecular weight excluding hydrogens is 481 g/mol. The fourth-order valence-corrected chi connectivity index (χ4v) is 3.59. The molecule has 0 spiro atoms. The third-order valence-electron chi connectivity index (χ3n) is 4.67. The fraction of sp³-hybridized carbons (Fsp3) is 0.333. The molecule has 1 amide bonds. The van der Waals surface area contributed by atoms with Gasteiger partial charge >= 0.3 is 6.18 Å². The Morgan fingerprint density at radius 2 is 1.79 bits per heavy atom. The molecule has 3 unspecified atom stereocenters. The Morgan fingerprint density at radius 3 is 2.33 bits per heavy atom. The van der Waals surface area contributed by atoms with Crippen LogP contribution in [-0.2, 0) is 6.18 Å². The molecule has 0 aliphatic rings. The number of nitrogens with zero attached hydrogens (tertiary/aromatic N) is 3. The number of aliphatic hydroxyl groups excluding tert-OH is 1. The van der Waals surface area contributed by atoms with E-state index >= 15 is 0 Å². The van der Waals surface area contributed by atoms with Gasteiger partial charge in [0.2, 0.25) is 5.82 Å². The van der Waals surface area contributed by atoms with Crippen LogP contribution in [0.25, 0.3) is 10.6 Å². The van der Waals surface area contributed by atoms with Gasteiger partial charge in [0, 0.05) is 29.1 Å². The van der Waals surface area contributed by atoms with Gasteiger partial charge < -0.3 is 15.2 Å². The van der Waals surface area contributed by atoms with E-state index in [0.29, 0.717) is 26.2 Å². The van der Waals surface area contributed by atoms with Gasteiger partial charge in [0.05, 0.1) is 18.3 Å². The average molecular weight is 501 g/mol. The van der Waals surface area contributed by atoms with Crippen LogP contribution in [0.2, 0.25) is 4.34 Å². The summed E-state index contributed by atoms with van der Waals surface area (Å²) in [5.74, 6) is -1.42. The Labute approximate surface area is 196 Å². The maximum atomic E-state index is 12.9. The predicted molar refractivity (Wildman–Crippen MR) is 117 cm³/mol. The predicted octanol–water partition coefficient (Wildman–Crippen LogP) is 4.91. The SMILES string of the molecule is CC(NC(=O)c1cc(OC(C)C(C)O)cc(-c2ncc(Cl)s2)c1)c1cnc(C(F)(F)F)nc1. The lowest BCUT2D eigenvalue weighted by atomic mass is 10.1. The third-order valence-corrected chi connectivity index (χ3v) is 5.83. The molecular formula is C21H20ClF3N4O3S. The van der Waals surface area contributed by atoms with Crippen molar-refractivity contribution in [3.05, 3.63) is 58.1 Å². The summed E-state index contributed by atoms with van der Waals surface area (Å²) in [6.45, 7) is 4.86. The Balaban J connectivity index is 1.86. The number of ether oxygens (including phenoxy) is 1. The zero-order valence-corrected chi connectivity index (χ0v) is 19.3. The van der Waals surface area contributed by atoms with E-state index in [1.54, 1.807) is 32.9 Å². The maximum Gasteiger partial charge on any atom is 0.451 e. The number of amides is 1. The van der Waals surface area contributed by atoms with Gasteiger partial charge in [0.25, 0.3) is 5.91 Å². The number of nitrogens with one attached hydrogen (secondary N) is 1. The van der Waals surface area contributed by atoms with Gasteiger partial charge in [-0.1, -0.05) is 11.6 Å². The number of hydrogen-bond donors (Lipinski definition) is 2. The van der Waals surface area contributed by atoms with Crippen molar-refractivity contribution in [3.63, 3.8) is 0 Å². The van der Waals surface area contributed by atoms with Crippen LogP contribution in [0.4, 0.5) is 13.2 Å². The van der Waals surface area contributed by atoms with Crippen molar-refractivity contribution < 1.29 is 27.8 Å². The smallest absolute Gasteiger partial charge is 0.451 e. The molecule has 0 aliphatic heterocycles. The lowest BCUT2D eigenvalue weighted by molar-refractivity contribution is -0.145. The zero-order chi connectivity index (χ0) is 24.3. The van der Waals surface area contributed by atoms with E-state index < -0.39 is 36.2 Å². The van der Waals surface area contributed by atoms with Crippen molar-refractivity contribution in [1.82, 2.24) is 20.3 Å². The van der Waals surface area contributed by atoms with Crippen molar-refractivity contribution in [3.8, 4) is 16.3 Å². The van der Waals surface area contributed by atoms with Gasteiger partial charge in [-0.25, -0.2) is 15.0 Å². The summed E-state index contributed by atoms with van der Waals surface area (Å²) in [6, 6.07) is 4.11. The van der Waals surface area contributed by atoms with Crippen LogP contribution in [-0.4, -0.2) is 38.2 Å². The second kappa shape index (κ2) is 10.0. The molecule has 3 aromatic rings. The lowest BCUT2D eigenvalue weighted by Crippen LogP contribution is -2.28. The molecule has 12 heteroatoms. The Morgan fingerprint density at radius 1 is 1.12 bits per heavy atom. The van der Waals surface area contributed by atoms with Crippen molar-refractivity contribution in [1.29, 1.82) is 0 Å². The standard InChI is InChI=1S/C21H20ClF3N4O3S/c1-10(15-7-27-20(28-8-15)21(23,24)25)29-18(31)13-4-14(19-26-9-17(22)33-19)6-16(5-13)32-12(3)11(2)30/h4-12,30H,1-3H3,(H,29,31). The molecule has 2 heterocycles. The van der Waals surface area contributed by atoms with Crippen molar-refractivity contribution in [2.45, 2.75) is 45.2 Å². The monoisotopic (exact) mass is 500 g/mol. The molecule has 0 bridgehead atoms. The van der Waals surface area contributed by atoms with Gasteiger partial charge in [-0.15, -0.1) is 11.3 Å². The molecule has 0 saturated carbocycles. The first-order valence-corrected chi connectivity index (χ1v) is 10.9. The van der Waals surface area contributed by atoms with Crippen LogP contribution in [0.3, 0.4) is 0 Å². The minimum absolute atomic E-state index is 0.228. The number of carbonyl (C=O) groups excluding carboxylic acids is 1. The van der Waals surface area contributed by atoms with Crippen LogP contribution in [0, 0.1) is 0 Å². The molecule has 7 nitrogen and oxygen atoms in total. The number of aliphatic hydroxyl groups is 1. The Hall–Kier alpha value is -2.76.